The number of rotatable bonds is 4. The molecule has 1 N–H and O–H groups in total. The Hall–Kier alpha value is -0.870. The van der Waals surface area contributed by atoms with Crippen LogP contribution in [0.4, 0.5) is 0 Å². The lowest BCUT2D eigenvalue weighted by atomic mass is 9.88. The van der Waals surface area contributed by atoms with Crippen LogP contribution in [0.25, 0.3) is 0 Å². The van der Waals surface area contributed by atoms with Gasteiger partial charge in [-0.2, -0.15) is 5.10 Å². The van der Waals surface area contributed by atoms with Crippen LogP contribution >= 0.6 is 0 Å². The molecule has 1 aromatic rings. The number of aromatic nitrogens is 2. The molecular weight excluding hydrogens is 248 g/mol. The molecule has 1 aromatic heterocycles. The van der Waals surface area contributed by atoms with Crippen molar-refractivity contribution in [1.29, 1.82) is 0 Å². The number of likely N-dealkylation sites (tertiary alicyclic amines) is 1. The summed E-state index contributed by atoms with van der Waals surface area (Å²) in [7, 11) is 2.03. The van der Waals surface area contributed by atoms with Gasteiger partial charge in [-0.3, -0.25) is 9.58 Å². The van der Waals surface area contributed by atoms with Crippen LogP contribution in [0.3, 0.4) is 0 Å². The lowest BCUT2D eigenvalue weighted by Gasteiger charge is -2.34. The minimum atomic E-state index is 0.807. The summed E-state index contributed by atoms with van der Waals surface area (Å²) in [5.41, 5.74) is 2.69. The molecule has 3 rings (SSSR count). The molecule has 2 aliphatic rings. The second kappa shape index (κ2) is 6.27. The quantitative estimate of drug-likeness (QED) is 0.912. The fourth-order valence-corrected chi connectivity index (χ4v) is 3.88. The summed E-state index contributed by atoms with van der Waals surface area (Å²) in [6.07, 6.45) is 8.73. The van der Waals surface area contributed by atoms with E-state index in [1.807, 2.05) is 11.7 Å². The van der Waals surface area contributed by atoms with E-state index in [0.717, 1.165) is 24.9 Å². The normalized spacial score (nSPS) is 25.4. The van der Waals surface area contributed by atoms with Gasteiger partial charge in [-0.1, -0.05) is 6.92 Å². The second-order valence-electron chi connectivity index (χ2n) is 6.44. The summed E-state index contributed by atoms with van der Waals surface area (Å²) in [5, 5.41) is 8.23. The van der Waals surface area contributed by atoms with E-state index >= 15 is 0 Å². The third-order valence-electron chi connectivity index (χ3n) is 5.02. The Morgan fingerprint density at radius 2 is 2.10 bits per heavy atom. The standard InChI is InChI=1S/C16H28N4/c1-3-15-14(11-19(2)18-15)12-20-9-6-13(7-10-20)16-5-4-8-17-16/h11,13,16-17H,3-10,12H2,1-2H3. The molecular formula is C16H28N4. The van der Waals surface area contributed by atoms with Gasteiger partial charge in [0.05, 0.1) is 5.69 Å². The lowest BCUT2D eigenvalue weighted by molar-refractivity contribution is 0.157. The van der Waals surface area contributed by atoms with Gasteiger partial charge >= 0.3 is 0 Å². The van der Waals surface area contributed by atoms with Gasteiger partial charge in [0.2, 0.25) is 0 Å². The maximum absolute atomic E-state index is 4.55. The number of nitrogens with zero attached hydrogens (tertiary/aromatic N) is 3. The van der Waals surface area contributed by atoms with Crippen LogP contribution in [-0.2, 0) is 20.0 Å². The topological polar surface area (TPSA) is 33.1 Å². The smallest absolute Gasteiger partial charge is 0.0666 e. The van der Waals surface area contributed by atoms with Crippen LogP contribution < -0.4 is 5.32 Å². The molecule has 1 atom stereocenters. The van der Waals surface area contributed by atoms with Crippen molar-refractivity contribution in [1.82, 2.24) is 20.0 Å². The first-order valence-electron chi connectivity index (χ1n) is 8.23. The highest BCUT2D eigenvalue weighted by Crippen LogP contribution is 2.26. The lowest BCUT2D eigenvalue weighted by Crippen LogP contribution is -2.40. The van der Waals surface area contributed by atoms with Crippen LogP contribution in [-0.4, -0.2) is 40.4 Å². The third-order valence-corrected chi connectivity index (χ3v) is 5.02. The zero-order valence-corrected chi connectivity index (χ0v) is 12.9. The van der Waals surface area contributed by atoms with Crippen molar-refractivity contribution in [3.05, 3.63) is 17.5 Å². The molecule has 2 fully saturated rings. The number of hydrogen-bond acceptors (Lipinski definition) is 3. The largest absolute Gasteiger partial charge is 0.314 e. The van der Waals surface area contributed by atoms with Crippen LogP contribution in [0, 0.1) is 5.92 Å². The van der Waals surface area contributed by atoms with E-state index in [1.165, 1.54) is 56.6 Å². The first-order chi connectivity index (χ1) is 9.76. The fraction of sp³-hybridized carbons (Fsp3) is 0.812. The third kappa shape index (κ3) is 3.07. The van der Waals surface area contributed by atoms with Gasteiger partial charge in [-0.15, -0.1) is 0 Å². The van der Waals surface area contributed by atoms with Gasteiger partial charge < -0.3 is 5.32 Å². The molecule has 112 valence electrons. The first-order valence-corrected chi connectivity index (χ1v) is 8.23. The molecule has 2 saturated heterocycles. The summed E-state index contributed by atoms with van der Waals surface area (Å²) < 4.78 is 1.96. The van der Waals surface area contributed by atoms with Crippen molar-refractivity contribution in [3.8, 4) is 0 Å². The molecule has 3 heterocycles. The SMILES string of the molecule is CCc1nn(C)cc1CN1CCC(C2CCCN2)CC1. The maximum Gasteiger partial charge on any atom is 0.0666 e. The highest BCUT2D eigenvalue weighted by molar-refractivity contribution is 5.17. The van der Waals surface area contributed by atoms with Crippen molar-refractivity contribution in [2.24, 2.45) is 13.0 Å². The van der Waals surface area contributed by atoms with E-state index in [0.29, 0.717) is 0 Å². The van der Waals surface area contributed by atoms with Crippen LogP contribution in [0.1, 0.15) is 43.9 Å². The predicted octanol–water partition coefficient (Wildman–Crippen LogP) is 1.95. The Kier molecular flexibility index (Phi) is 4.41. The first kappa shape index (κ1) is 14.1. The average Bonchev–Trinajstić information content (AvgIpc) is 3.09. The molecule has 0 saturated carbocycles. The van der Waals surface area contributed by atoms with Crippen molar-refractivity contribution in [2.45, 2.75) is 51.6 Å². The molecule has 4 heteroatoms. The summed E-state index contributed by atoms with van der Waals surface area (Å²) in [6, 6.07) is 0.807. The molecule has 0 amide bonds. The zero-order chi connectivity index (χ0) is 13.9. The number of piperidine rings is 1. The molecule has 0 radical (unpaired) electrons. The Balaban J connectivity index is 1.53. The van der Waals surface area contributed by atoms with E-state index in [2.05, 4.69) is 28.4 Å². The van der Waals surface area contributed by atoms with E-state index < -0.39 is 0 Å². The molecule has 0 aliphatic carbocycles. The molecule has 4 nitrogen and oxygen atoms in total. The number of nitrogens with one attached hydrogen (secondary N) is 1. The van der Waals surface area contributed by atoms with Crippen molar-refractivity contribution >= 4 is 0 Å². The van der Waals surface area contributed by atoms with Gasteiger partial charge in [0, 0.05) is 31.4 Å². The predicted molar refractivity (Wildman–Crippen MR) is 81.6 cm³/mol. The Morgan fingerprint density at radius 1 is 1.30 bits per heavy atom. The van der Waals surface area contributed by atoms with E-state index in [4.69, 9.17) is 0 Å². The monoisotopic (exact) mass is 276 g/mol. The highest BCUT2D eigenvalue weighted by atomic mass is 15.3. The Bertz CT molecular complexity index is 426. The number of aryl methyl sites for hydroxylation is 2. The van der Waals surface area contributed by atoms with Gasteiger partial charge in [0.1, 0.15) is 0 Å². The van der Waals surface area contributed by atoms with Gasteiger partial charge in [0.25, 0.3) is 0 Å². The van der Waals surface area contributed by atoms with E-state index in [9.17, 15) is 0 Å². The summed E-state index contributed by atoms with van der Waals surface area (Å²) in [5.74, 6) is 0.910. The molecule has 2 aliphatic heterocycles. The molecule has 20 heavy (non-hydrogen) atoms. The fourth-order valence-electron chi connectivity index (χ4n) is 3.88. The summed E-state index contributed by atoms with van der Waals surface area (Å²) >= 11 is 0. The minimum absolute atomic E-state index is 0.807. The van der Waals surface area contributed by atoms with Crippen LogP contribution in [0.15, 0.2) is 6.20 Å². The number of hydrogen-bond donors (Lipinski definition) is 1. The zero-order valence-electron chi connectivity index (χ0n) is 12.9. The van der Waals surface area contributed by atoms with E-state index in [1.54, 1.807) is 0 Å². The average molecular weight is 276 g/mol. The molecule has 0 aromatic carbocycles. The van der Waals surface area contributed by atoms with Crippen molar-refractivity contribution < 1.29 is 0 Å². The molecule has 1 unspecified atom stereocenters. The van der Waals surface area contributed by atoms with Crippen molar-refractivity contribution in [2.75, 3.05) is 19.6 Å². The molecule has 0 spiro atoms. The minimum Gasteiger partial charge on any atom is -0.314 e. The Morgan fingerprint density at radius 3 is 2.75 bits per heavy atom. The second-order valence-corrected chi connectivity index (χ2v) is 6.44. The van der Waals surface area contributed by atoms with Gasteiger partial charge in [-0.05, 0) is 57.7 Å². The summed E-state index contributed by atoms with van der Waals surface area (Å²) in [6.45, 7) is 7.02. The highest BCUT2D eigenvalue weighted by Gasteiger charge is 2.28. The van der Waals surface area contributed by atoms with E-state index in [-0.39, 0.29) is 0 Å². The van der Waals surface area contributed by atoms with Gasteiger partial charge in [0.15, 0.2) is 0 Å². The Labute approximate surface area is 122 Å². The summed E-state index contributed by atoms with van der Waals surface area (Å²) in [4.78, 5) is 2.61. The molecule has 0 bridgehead atoms. The van der Waals surface area contributed by atoms with Crippen LogP contribution in [0.2, 0.25) is 0 Å². The van der Waals surface area contributed by atoms with Crippen LogP contribution in [0.5, 0.6) is 0 Å². The van der Waals surface area contributed by atoms with Crippen molar-refractivity contribution in [3.63, 3.8) is 0 Å². The van der Waals surface area contributed by atoms with Gasteiger partial charge in [-0.25, -0.2) is 0 Å². The maximum atomic E-state index is 4.55.